The highest BCUT2D eigenvalue weighted by atomic mass is 19.1. The number of aryl methyl sites for hydroxylation is 1. The summed E-state index contributed by atoms with van der Waals surface area (Å²) in [5.74, 6) is 0.254. The van der Waals surface area contributed by atoms with Gasteiger partial charge in [-0.1, -0.05) is 6.07 Å². The molecular formula is C11H11FN2O. The van der Waals surface area contributed by atoms with Crippen LogP contribution >= 0.6 is 0 Å². The van der Waals surface area contributed by atoms with Gasteiger partial charge < -0.3 is 10.2 Å². The van der Waals surface area contributed by atoms with E-state index in [1.54, 1.807) is 6.07 Å². The van der Waals surface area contributed by atoms with Crippen LogP contribution in [-0.2, 0) is 6.54 Å². The quantitative estimate of drug-likeness (QED) is 0.819. The van der Waals surface area contributed by atoms with E-state index in [0.29, 0.717) is 17.0 Å². The van der Waals surface area contributed by atoms with Crippen LogP contribution in [0.5, 0.6) is 0 Å². The van der Waals surface area contributed by atoms with Crippen molar-refractivity contribution in [2.45, 2.75) is 13.5 Å². The molecule has 0 aliphatic carbocycles. The second-order valence-corrected chi connectivity index (χ2v) is 3.29. The minimum Gasteiger partial charge on any atom is -0.443 e. The maximum absolute atomic E-state index is 13.1. The van der Waals surface area contributed by atoms with E-state index in [4.69, 9.17) is 10.2 Å². The van der Waals surface area contributed by atoms with Gasteiger partial charge in [-0.05, 0) is 24.6 Å². The van der Waals surface area contributed by atoms with Crippen molar-refractivity contribution >= 4 is 0 Å². The minimum atomic E-state index is -0.296. The molecule has 0 aliphatic heterocycles. The van der Waals surface area contributed by atoms with Gasteiger partial charge in [-0.25, -0.2) is 9.37 Å². The zero-order valence-electron chi connectivity index (χ0n) is 8.33. The first kappa shape index (κ1) is 9.86. The predicted molar refractivity (Wildman–Crippen MR) is 54.5 cm³/mol. The lowest BCUT2D eigenvalue weighted by molar-refractivity contribution is 0.568. The molecule has 0 spiro atoms. The molecule has 0 saturated heterocycles. The fourth-order valence-electron chi connectivity index (χ4n) is 1.47. The molecule has 0 atom stereocenters. The number of halogens is 1. The lowest BCUT2D eigenvalue weighted by Gasteiger charge is -2.03. The molecular weight excluding hydrogens is 195 g/mol. The summed E-state index contributed by atoms with van der Waals surface area (Å²) in [6.45, 7) is 2.17. The first-order valence-electron chi connectivity index (χ1n) is 4.61. The third-order valence-corrected chi connectivity index (χ3v) is 2.28. The Hall–Kier alpha value is -1.68. The van der Waals surface area contributed by atoms with Crippen LogP contribution < -0.4 is 5.73 Å². The summed E-state index contributed by atoms with van der Waals surface area (Å²) in [4.78, 5) is 3.97. The first-order chi connectivity index (χ1) is 7.22. The molecule has 1 heterocycles. The van der Waals surface area contributed by atoms with E-state index in [2.05, 4.69) is 4.98 Å². The monoisotopic (exact) mass is 206 g/mol. The maximum atomic E-state index is 13.1. The third kappa shape index (κ3) is 1.76. The Morgan fingerprint density at radius 3 is 3.00 bits per heavy atom. The number of benzene rings is 1. The van der Waals surface area contributed by atoms with Crippen LogP contribution in [0.4, 0.5) is 4.39 Å². The second kappa shape index (κ2) is 3.82. The van der Waals surface area contributed by atoms with Crippen molar-refractivity contribution in [3.8, 4) is 11.3 Å². The Balaban J connectivity index is 2.58. The Labute approximate surface area is 86.7 Å². The van der Waals surface area contributed by atoms with E-state index >= 15 is 0 Å². The summed E-state index contributed by atoms with van der Waals surface area (Å²) >= 11 is 0. The van der Waals surface area contributed by atoms with E-state index in [9.17, 15) is 4.39 Å². The van der Waals surface area contributed by atoms with Crippen molar-refractivity contribution in [2.24, 2.45) is 5.73 Å². The average molecular weight is 206 g/mol. The Morgan fingerprint density at radius 1 is 1.47 bits per heavy atom. The van der Waals surface area contributed by atoms with Crippen LogP contribution in [0.2, 0.25) is 0 Å². The van der Waals surface area contributed by atoms with Crippen molar-refractivity contribution in [1.29, 1.82) is 0 Å². The van der Waals surface area contributed by atoms with Crippen LogP contribution in [0.15, 0.2) is 29.0 Å². The summed E-state index contributed by atoms with van der Waals surface area (Å²) in [5.41, 5.74) is 7.78. The van der Waals surface area contributed by atoms with Gasteiger partial charge >= 0.3 is 0 Å². The highest BCUT2D eigenvalue weighted by molar-refractivity contribution is 5.63. The molecule has 2 N–H and O–H groups in total. The number of hydrogen-bond donors (Lipinski definition) is 1. The largest absolute Gasteiger partial charge is 0.443 e. The lowest BCUT2D eigenvalue weighted by Crippen LogP contribution is -1.98. The van der Waals surface area contributed by atoms with Crippen molar-refractivity contribution < 1.29 is 8.81 Å². The third-order valence-electron chi connectivity index (χ3n) is 2.28. The number of oxazole rings is 1. The molecule has 2 aromatic rings. The van der Waals surface area contributed by atoms with Crippen LogP contribution in [0.25, 0.3) is 11.3 Å². The molecule has 3 nitrogen and oxygen atoms in total. The molecule has 0 amide bonds. The van der Waals surface area contributed by atoms with Crippen molar-refractivity contribution in [1.82, 2.24) is 4.98 Å². The summed E-state index contributed by atoms with van der Waals surface area (Å²) < 4.78 is 18.3. The van der Waals surface area contributed by atoms with E-state index < -0.39 is 0 Å². The summed E-state index contributed by atoms with van der Waals surface area (Å²) in [6.07, 6.45) is 1.32. The highest BCUT2D eigenvalue weighted by Gasteiger charge is 2.12. The Bertz CT molecular complexity index is 479. The van der Waals surface area contributed by atoms with Gasteiger partial charge in [0.25, 0.3) is 0 Å². The summed E-state index contributed by atoms with van der Waals surface area (Å²) in [7, 11) is 0. The van der Waals surface area contributed by atoms with Crippen LogP contribution in [-0.4, -0.2) is 4.98 Å². The van der Waals surface area contributed by atoms with Gasteiger partial charge in [0.1, 0.15) is 11.5 Å². The van der Waals surface area contributed by atoms with Crippen LogP contribution in [0.3, 0.4) is 0 Å². The molecule has 4 heteroatoms. The van der Waals surface area contributed by atoms with Gasteiger partial charge in [-0.15, -0.1) is 0 Å². The van der Waals surface area contributed by atoms with E-state index in [-0.39, 0.29) is 12.4 Å². The number of hydrogen-bond acceptors (Lipinski definition) is 3. The van der Waals surface area contributed by atoms with E-state index in [1.165, 1.54) is 18.5 Å². The molecule has 0 aliphatic rings. The fraction of sp³-hybridized carbons (Fsp3) is 0.182. The van der Waals surface area contributed by atoms with Gasteiger partial charge in [0.05, 0.1) is 0 Å². The van der Waals surface area contributed by atoms with Crippen LogP contribution in [0, 0.1) is 12.7 Å². The molecule has 15 heavy (non-hydrogen) atoms. The second-order valence-electron chi connectivity index (χ2n) is 3.29. The fourth-order valence-corrected chi connectivity index (χ4v) is 1.47. The maximum Gasteiger partial charge on any atom is 0.181 e. The Kier molecular flexibility index (Phi) is 2.51. The van der Waals surface area contributed by atoms with Gasteiger partial charge in [-0.3, -0.25) is 0 Å². The molecule has 0 fully saturated rings. The average Bonchev–Trinajstić information content (AvgIpc) is 2.69. The van der Waals surface area contributed by atoms with E-state index in [0.717, 1.165) is 5.56 Å². The lowest BCUT2D eigenvalue weighted by atomic mass is 10.1. The molecule has 0 unspecified atom stereocenters. The molecule has 1 aromatic carbocycles. The van der Waals surface area contributed by atoms with Crippen LogP contribution in [0.1, 0.15) is 11.3 Å². The molecule has 2 rings (SSSR count). The van der Waals surface area contributed by atoms with Gasteiger partial charge in [0.15, 0.2) is 12.2 Å². The molecule has 1 aromatic heterocycles. The summed E-state index contributed by atoms with van der Waals surface area (Å²) in [5, 5.41) is 0. The standard InChI is InChI=1S/C11H11FN2O/c1-7-2-3-8(12)4-9(7)11-10(5-13)14-6-15-11/h2-4,6H,5,13H2,1H3. The van der Waals surface area contributed by atoms with Crippen molar-refractivity contribution in [2.75, 3.05) is 0 Å². The zero-order chi connectivity index (χ0) is 10.8. The first-order valence-corrected chi connectivity index (χ1v) is 4.61. The van der Waals surface area contributed by atoms with Crippen molar-refractivity contribution in [3.63, 3.8) is 0 Å². The smallest absolute Gasteiger partial charge is 0.181 e. The topological polar surface area (TPSA) is 52.0 Å². The van der Waals surface area contributed by atoms with Gasteiger partial charge in [-0.2, -0.15) is 0 Å². The molecule has 78 valence electrons. The highest BCUT2D eigenvalue weighted by Crippen LogP contribution is 2.26. The SMILES string of the molecule is Cc1ccc(F)cc1-c1ocnc1CN. The molecule has 0 bridgehead atoms. The van der Waals surface area contributed by atoms with Gasteiger partial charge in [0.2, 0.25) is 0 Å². The predicted octanol–water partition coefficient (Wildman–Crippen LogP) is 2.25. The number of nitrogens with two attached hydrogens (primary N) is 1. The van der Waals surface area contributed by atoms with Crippen molar-refractivity contribution in [3.05, 3.63) is 41.7 Å². The summed E-state index contributed by atoms with van der Waals surface area (Å²) in [6, 6.07) is 4.54. The normalized spacial score (nSPS) is 10.6. The number of rotatable bonds is 2. The zero-order valence-corrected chi connectivity index (χ0v) is 8.33. The van der Waals surface area contributed by atoms with E-state index in [1.807, 2.05) is 6.92 Å². The minimum absolute atomic E-state index is 0.280. The number of nitrogens with zero attached hydrogens (tertiary/aromatic N) is 1. The number of aromatic nitrogens is 1. The van der Waals surface area contributed by atoms with Gasteiger partial charge in [0, 0.05) is 12.1 Å². The molecule has 0 saturated carbocycles. The molecule has 0 radical (unpaired) electrons. The Morgan fingerprint density at radius 2 is 2.27 bits per heavy atom.